The minimum absolute atomic E-state index is 0.00805. The van der Waals surface area contributed by atoms with Crippen LogP contribution in [0, 0.1) is 6.92 Å². The van der Waals surface area contributed by atoms with Gasteiger partial charge in [-0.1, -0.05) is 51.1 Å². The standard InChI is InChI=1S/C21H23N3OS/c1-15-19(26-20(23-15)21(2,3)4)18(25)11-10-17-12-22-24(14-17)13-16-8-6-5-7-9-16/h5-12,14H,13H2,1-4H3/b11-10+. The summed E-state index contributed by atoms with van der Waals surface area (Å²) in [5.41, 5.74) is 2.86. The molecule has 0 saturated carbocycles. The predicted octanol–water partition coefficient (Wildman–Crippen LogP) is 4.89. The van der Waals surface area contributed by atoms with E-state index < -0.39 is 0 Å². The van der Waals surface area contributed by atoms with Gasteiger partial charge in [0, 0.05) is 17.2 Å². The summed E-state index contributed by atoms with van der Waals surface area (Å²) in [5.74, 6) is -0.00805. The van der Waals surface area contributed by atoms with E-state index in [2.05, 4.69) is 43.0 Å². The quantitative estimate of drug-likeness (QED) is 0.478. The minimum atomic E-state index is -0.0454. The van der Waals surface area contributed by atoms with Gasteiger partial charge in [0.1, 0.15) is 0 Å². The van der Waals surface area contributed by atoms with Crippen LogP contribution in [0.1, 0.15) is 52.3 Å². The Hall–Kier alpha value is -2.53. The van der Waals surface area contributed by atoms with Crippen LogP contribution in [0.2, 0.25) is 0 Å². The van der Waals surface area contributed by atoms with Crippen molar-refractivity contribution < 1.29 is 4.79 Å². The number of hydrogen-bond donors (Lipinski definition) is 0. The van der Waals surface area contributed by atoms with Crippen LogP contribution in [0.3, 0.4) is 0 Å². The number of hydrogen-bond acceptors (Lipinski definition) is 4. The number of allylic oxidation sites excluding steroid dienone is 1. The van der Waals surface area contributed by atoms with Crippen molar-refractivity contribution in [3.05, 3.63) is 75.5 Å². The molecule has 0 aliphatic heterocycles. The summed E-state index contributed by atoms with van der Waals surface area (Å²) in [4.78, 5) is 17.8. The Balaban J connectivity index is 1.70. The summed E-state index contributed by atoms with van der Waals surface area (Å²) < 4.78 is 1.87. The molecule has 2 aromatic heterocycles. The average molecular weight is 366 g/mol. The first-order chi connectivity index (χ1) is 12.3. The van der Waals surface area contributed by atoms with Crippen molar-refractivity contribution in [2.75, 3.05) is 0 Å². The summed E-state index contributed by atoms with van der Waals surface area (Å²) in [6, 6.07) is 10.2. The first kappa shape index (κ1) is 18.3. The summed E-state index contributed by atoms with van der Waals surface area (Å²) >= 11 is 1.48. The lowest BCUT2D eigenvalue weighted by Gasteiger charge is -2.13. The monoisotopic (exact) mass is 365 g/mol. The summed E-state index contributed by atoms with van der Waals surface area (Å²) in [6.07, 6.45) is 7.13. The van der Waals surface area contributed by atoms with E-state index in [0.717, 1.165) is 16.3 Å². The molecule has 0 bridgehead atoms. The third-order valence-electron chi connectivity index (χ3n) is 3.93. The van der Waals surface area contributed by atoms with E-state index >= 15 is 0 Å². The highest BCUT2D eigenvalue weighted by Crippen LogP contribution is 2.29. The van der Waals surface area contributed by atoms with Gasteiger partial charge in [0.05, 0.1) is 28.3 Å². The van der Waals surface area contributed by atoms with Crippen LogP contribution in [-0.4, -0.2) is 20.5 Å². The van der Waals surface area contributed by atoms with Crippen LogP contribution in [0.25, 0.3) is 6.08 Å². The first-order valence-electron chi connectivity index (χ1n) is 8.59. The molecular weight excluding hydrogens is 342 g/mol. The van der Waals surface area contributed by atoms with E-state index in [0.29, 0.717) is 11.4 Å². The molecule has 134 valence electrons. The highest BCUT2D eigenvalue weighted by Gasteiger charge is 2.22. The Morgan fingerprint density at radius 1 is 1.23 bits per heavy atom. The fraction of sp³-hybridized carbons (Fsp3) is 0.286. The van der Waals surface area contributed by atoms with Crippen molar-refractivity contribution in [1.82, 2.24) is 14.8 Å². The molecule has 0 aliphatic carbocycles. The maximum atomic E-state index is 12.5. The van der Waals surface area contributed by atoms with Crippen LogP contribution in [0.5, 0.6) is 0 Å². The maximum absolute atomic E-state index is 12.5. The fourth-order valence-electron chi connectivity index (χ4n) is 2.52. The molecule has 0 amide bonds. The lowest BCUT2D eigenvalue weighted by Crippen LogP contribution is -2.10. The van der Waals surface area contributed by atoms with Gasteiger partial charge < -0.3 is 0 Å². The zero-order valence-corrected chi connectivity index (χ0v) is 16.4. The van der Waals surface area contributed by atoms with Crippen LogP contribution in [-0.2, 0) is 12.0 Å². The van der Waals surface area contributed by atoms with Crippen LogP contribution in [0.15, 0.2) is 48.8 Å². The predicted molar refractivity (Wildman–Crippen MR) is 107 cm³/mol. The molecule has 0 radical (unpaired) electrons. The number of aryl methyl sites for hydroxylation is 1. The fourth-order valence-corrected chi connectivity index (χ4v) is 3.56. The van der Waals surface area contributed by atoms with Crippen LogP contribution >= 0.6 is 11.3 Å². The van der Waals surface area contributed by atoms with Gasteiger partial charge in [0.2, 0.25) is 0 Å². The van der Waals surface area contributed by atoms with E-state index in [-0.39, 0.29) is 11.2 Å². The van der Waals surface area contributed by atoms with Crippen LogP contribution < -0.4 is 0 Å². The number of ketones is 1. The van der Waals surface area contributed by atoms with Gasteiger partial charge in [-0.2, -0.15) is 5.10 Å². The molecule has 0 spiro atoms. The lowest BCUT2D eigenvalue weighted by molar-refractivity contribution is 0.105. The van der Waals surface area contributed by atoms with Crippen LogP contribution in [0.4, 0.5) is 0 Å². The van der Waals surface area contributed by atoms with E-state index in [1.54, 1.807) is 12.3 Å². The van der Waals surface area contributed by atoms with Crippen molar-refractivity contribution in [2.24, 2.45) is 0 Å². The molecule has 5 heteroatoms. The number of carbonyl (C=O) groups is 1. The average Bonchev–Trinajstić information content (AvgIpc) is 3.20. The Labute approximate surface area is 158 Å². The number of benzene rings is 1. The third kappa shape index (κ3) is 4.35. The van der Waals surface area contributed by atoms with Crippen molar-refractivity contribution >= 4 is 23.2 Å². The lowest BCUT2D eigenvalue weighted by atomic mass is 9.98. The highest BCUT2D eigenvalue weighted by molar-refractivity contribution is 7.14. The van der Waals surface area contributed by atoms with E-state index in [1.165, 1.54) is 16.9 Å². The zero-order valence-electron chi connectivity index (χ0n) is 15.6. The molecule has 2 heterocycles. The Kier molecular flexibility index (Phi) is 5.18. The summed E-state index contributed by atoms with van der Waals surface area (Å²) in [6.45, 7) is 8.93. The number of aromatic nitrogens is 3. The number of thiazole rings is 1. The molecule has 0 fully saturated rings. The topological polar surface area (TPSA) is 47.8 Å². The largest absolute Gasteiger partial charge is 0.288 e. The van der Waals surface area contributed by atoms with Crippen molar-refractivity contribution in [2.45, 2.75) is 39.7 Å². The second-order valence-corrected chi connectivity index (χ2v) is 8.34. The molecule has 0 unspecified atom stereocenters. The normalized spacial score (nSPS) is 12.0. The van der Waals surface area contributed by atoms with Gasteiger partial charge in [0.15, 0.2) is 5.78 Å². The highest BCUT2D eigenvalue weighted by atomic mass is 32.1. The summed E-state index contributed by atoms with van der Waals surface area (Å²) in [7, 11) is 0. The third-order valence-corrected chi connectivity index (χ3v) is 5.53. The molecule has 3 rings (SSSR count). The number of rotatable bonds is 5. The molecule has 3 aromatic rings. The minimum Gasteiger partial charge on any atom is -0.288 e. The van der Waals surface area contributed by atoms with Crippen molar-refractivity contribution in [1.29, 1.82) is 0 Å². The maximum Gasteiger partial charge on any atom is 0.197 e. The Morgan fingerprint density at radius 3 is 2.62 bits per heavy atom. The van der Waals surface area contributed by atoms with Gasteiger partial charge in [-0.15, -0.1) is 11.3 Å². The van der Waals surface area contributed by atoms with E-state index in [4.69, 9.17) is 0 Å². The molecular formula is C21H23N3OS. The molecule has 0 saturated heterocycles. The van der Waals surface area contributed by atoms with Gasteiger partial charge in [-0.05, 0) is 24.6 Å². The Bertz CT molecular complexity index is 930. The molecule has 4 nitrogen and oxygen atoms in total. The van der Waals surface area contributed by atoms with Crippen molar-refractivity contribution in [3.8, 4) is 0 Å². The van der Waals surface area contributed by atoms with Gasteiger partial charge in [-0.25, -0.2) is 4.98 Å². The van der Waals surface area contributed by atoms with Gasteiger partial charge in [0.25, 0.3) is 0 Å². The van der Waals surface area contributed by atoms with E-state index in [9.17, 15) is 4.79 Å². The first-order valence-corrected chi connectivity index (χ1v) is 9.41. The summed E-state index contributed by atoms with van der Waals surface area (Å²) in [5, 5.41) is 5.35. The Morgan fingerprint density at radius 2 is 1.96 bits per heavy atom. The second kappa shape index (κ2) is 7.38. The number of carbonyl (C=O) groups excluding carboxylic acids is 1. The zero-order chi connectivity index (χ0) is 18.7. The smallest absolute Gasteiger partial charge is 0.197 e. The second-order valence-electron chi connectivity index (χ2n) is 7.34. The molecule has 0 N–H and O–H groups in total. The van der Waals surface area contributed by atoms with Crippen molar-refractivity contribution in [3.63, 3.8) is 0 Å². The van der Waals surface area contributed by atoms with Gasteiger partial charge >= 0.3 is 0 Å². The molecule has 1 aromatic carbocycles. The molecule has 26 heavy (non-hydrogen) atoms. The van der Waals surface area contributed by atoms with Gasteiger partial charge in [-0.3, -0.25) is 9.48 Å². The number of nitrogens with zero attached hydrogens (tertiary/aromatic N) is 3. The van der Waals surface area contributed by atoms with E-state index in [1.807, 2.05) is 42.1 Å². The molecule has 0 aliphatic rings. The SMILES string of the molecule is Cc1nc(C(C)(C)C)sc1C(=O)/C=C/c1cnn(Cc2ccccc2)c1. The molecule has 0 atom stereocenters.